The molecular weight excluding hydrogens is 386 g/mol. The van der Waals surface area contributed by atoms with Crippen molar-refractivity contribution in [1.29, 1.82) is 5.26 Å². The molecule has 0 bridgehead atoms. The van der Waals surface area contributed by atoms with Crippen molar-refractivity contribution in [3.8, 4) is 6.07 Å². The van der Waals surface area contributed by atoms with Crippen LogP contribution < -0.4 is 10.2 Å². The maximum atomic E-state index is 13.1. The number of rotatable bonds is 4. The highest BCUT2D eigenvalue weighted by atomic mass is 32.2. The average Bonchev–Trinajstić information content (AvgIpc) is 3.18. The van der Waals surface area contributed by atoms with Crippen LogP contribution in [-0.2, 0) is 10.0 Å². The van der Waals surface area contributed by atoms with Crippen LogP contribution in [0.4, 0.5) is 5.69 Å². The summed E-state index contributed by atoms with van der Waals surface area (Å²) in [4.78, 5) is 6.62. The van der Waals surface area contributed by atoms with Gasteiger partial charge in [-0.1, -0.05) is 25.1 Å². The van der Waals surface area contributed by atoms with E-state index in [1.165, 1.54) is 16.4 Å². The highest BCUT2D eigenvalue weighted by Crippen LogP contribution is 2.34. The van der Waals surface area contributed by atoms with Gasteiger partial charge in [-0.3, -0.25) is 0 Å². The first-order valence-corrected chi connectivity index (χ1v) is 11.0. The lowest BCUT2D eigenvalue weighted by Crippen LogP contribution is -2.49. The van der Waals surface area contributed by atoms with Gasteiger partial charge in [-0.15, -0.1) is 0 Å². The molecule has 4 rings (SSSR count). The first kappa shape index (κ1) is 19.4. The summed E-state index contributed by atoms with van der Waals surface area (Å²) in [7, 11) is -1.81. The zero-order valence-corrected chi connectivity index (χ0v) is 17.2. The third kappa shape index (κ3) is 3.26. The number of likely N-dealkylation sites (N-methyl/N-ethyl adjacent to an activating group) is 1. The fourth-order valence-corrected chi connectivity index (χ4v) is 5.39. The second-order valence-corrected chi connectivity index (χ2v) is 9.26. The zero-order valence-electron chi connectivity index (χ0n) is 16.4. The Hall–Kier alpha value is -2.89. The fourth-order valence-electron chi connectivity index (χ4n) is 4.07. The van der Waals surface area contributed by atoms with Crippen LogP contribution in [0.25, 0.3) is 11.0 Å². The third-order valence-electron chi connectivity index (χ3n) is 5.71. The van der Waals surface area contributed by atoms with Gasteiger partial charge >= 0.3 is 0 Å². The van der Waals surface area contributed by atoms with Crippen LogP contribution in [0.1, 0.15) is 18.9 Å². The van der Waals surface area contributed by atoms with Crippen LogP contribution in [0.15, 0.2) is 53.7 Å². The van der Waals surface area contributed by atoms with Crippen molar-refractivity contribution in [2.75, 3.05) is 25.0 Å². The predicted molar refractivity (Wildman–Crippen MR) is 112 cm³/mol. The number of nitrogens with one attached hydrogen (secondary N) is 1. The number of aromatic nitrogens is 2. The molecule has 1 N–H and O–H groups in total. The number of nitrogens with zero attached hydrogens (tertiary/aromatic N) is 4. The highest BCUT2D eigenvalue weighted by Gasteiger charge is 2.29. The smallest absolute Gasteiger partial charge is 0.269 e. The van der Waals surface area contributed by atoms with E-state index in [0.29, 0.717) is 22.5 Å². The maximum absolute atomic E-state index is 13.1. The Labute approximate surface area is 170 Å². The summed E-state index contributed by atoms with van der Waals surface area (Å²) in [6, 6.07) is 12.4. The van der Waals surface area contributed by atoms with Crippen molar-refractivity contribution < 1.29 is 8.42 Å². The zero-order chi connectivity index (χ0) is 20.6. The second kappa shape index (κ2) is 7.50. The van der Waals surface area contributed by atoms with Crippen LogP contribution in [0.2, 0.25) is 0 Å². The molecule has 0 spiro atoms. The van der Waals surface area contributed by atoms with E-state index < -0.39 is 10.0 Å². The van der Waals surface area contributed by atoms with Gasteiger partial charge < -0.3 is 10.2 Å². The number of hydrogen-bond donors (Lipinski definition) is 1. The second-order valence-electron chi connectivity index (χ2n) is 7.45. The van der Waals surface area contributed by atoms with Crippen LogP contribution >= 0.6 is 0 Å². The van der Waals surface area contributed by atoms with E-state index in [4.69, 9.17) is 0 Å². The van der Waals surface area contributed by atoms with Crippen LogP contribution in [0, 0.1) is 17.2 Å². The molecule has 1 aliphatic heterocycles. The Morgan fingerprint density at radius 3 is 2.72 bits per heavy atom. The van der Waals surface area contributed by atoms with Crippen molar-refractivity contribution in [2.45, 2.75) is 24.3 Å². The van der Waals surface area contributed by atoms with Crippen LogP contribution in [0.3, 0.4) is 0 Å². The molecule has 150 valence electrons. The number of benzene rings is 1. The van der Waals surface area contributed by atoms with Gasteiger partial charge in [-0.25, -0.2) is 17.4 Å². The topological polar surface area (TPSA) is 91.0 Å². The number of fused-ring (bicyclic) bond motifs is 1. The summed E-state index contributed by atoms with van der Waals surface area (Å²) >= 11 is 0. The van der Waals surface area contributed by atoms with Gasteiger partial charge in [0.25, 0.3) is 10.0 Å². The standard InChI is InChI=1S/C21H23N5O2S/c1-15-8-10-23-14-19(15)25(2)20-16(12-22)13-24-21-18(20)9-11-26(21)29(27,28)17-6-4-3-5-7-17/h3-7,9,11,13,15,19,23H,8,10,14H2,1-2H3/t15-,19+/m1/s1. The molecule has 7 nitrogen and oxygen atoms in total. The fraction of sp³-hybridized carbons (Fsp3) is 0.333. The van der Waals surface area contributed by atoms with E-state index in [2.05, 4.69) is 28.2 Å². The molecule has 8 heteroatoms. The summed E-state index contributed by atoms with van der Waals surface area (Å²) < 4.78 is 27.5. The minimum Gasteiger partial charge on any atom is -0.368 e. The molecule has 0 amide bonds. The maximum Gasteiger partial charge on any atom is 0.269 e. The van der Waals surface area contributed by atoms with Gasteiger partial charge in [0.15, 0.2) is 5.65 Å². The van der Waals surface area contributed by atoms with E-state index in [1.807, 2.05) is 7.05 Å². The quantitative estimate of drug-likeness (QED) is 0.712. The van der Waals surface area contributed by atoms with Crippen LogP contribution in [0.5, 0.6) is 0 Å². The Morgan fingerprint density at radius 1 is 1.28 bits per heavy atom. The van der Waals surface area contributed by atoms with E-state index in [9.17, 15) is 13.7 Å². The molecule has 1 aromatic carbocycles. The largest absolute Gasteiger partial charge is 0.368 e. The molecule has 0 saturated carbocycles. The Kier molecular flexibility index (Phi) is 5.03. The van der Waals surface area contributed by atoms with Gasteiger partial charge in [0, 0.05) is 37.4 Å². The molecular formula is C21H23N5O2S. The summed E-state index contributed by atoms with van der Waals surface area (Å²) in [6.45, 7) is 4.00. The minimum atomic E-state index is -3.78. The van der Waals surface area contributed by atoms with Crippen molar-refractivity contribution in [3.63, 3.8) is 0 Å². The predicted octanol–water partition coefficient (Wildman–Crippen LogP) is 2.58. The van der Waals surface area contributed by atoms with E-state index in [0.717, 1.165) is 25.2 Å². The SMILES string of the molecule is C[C@@H]1CCNC[C@@H]1N(C)c1c(C#N)cnc2c1ccn2S(=O)(=O)c1ccccc1. The van der Waals surface area contributed by atoms with Crippen molar-refractivity contribution in [1.82, 2.24) is 14.3 Å². The lowest BCUT2D eigenvalue weighted by Gasteiger charge is -2.38. The number of nitriles is 1. The van der Waals surface area contributed by atoms with Gasteiger partial charge in [0.2, 0.25) is 0 Å². The Morgan fingerprint density at radius 2 is 2.03 bits per heavy atom. The third-order valence-corrected chi connectivity index (χ3v) is 7.39. The van der Waals surface area contributed by atoms with E-state index in [-0.39, 0.29) is 10.9 Å². The molecule has 3 heterocycles. The lowest BCUT2D eigenvalue weighted by atomic mass is 9.93. The minimum absolute atomic E-state index is 0.198. The van der Waals surface area contributed by atoms with E-state index in [1.54, 1.807) is 36.4 Å². The van der Waals surface area contributed by atoms with Gasteiger partial charge in [0.05, 0.1) is 16.1 Å². The molecule has 0 unspecified atom stereocenters. The first-order valence-electron chi connectivity index (χ1n) is 9.59. The molecule has 2 aromatic heterocycles. The molecule has 3 aromatic rings. The summed E-state index contributed by atoms with van der Waals surface area (Å²) in [5.41, 5.74) is 1.49. The van der Waals surface area contributed by atoms with Crippen molar-refractivity contribution >= 4 is 26.7 Å². The van der Waals surface area contributed by atoms with Crippen molar-refractivity contribution in [3.05, 3.63) is 54.4 Å². The number of anilines is 1. The summed E-state index contributed by atoms with van der Waals surface area (Å²) in [6.07, 6.45) is 4.03. The Balaban J connectivity index is 1.87. The van der Waals surface area contributed by atoms with Gasteiger partial charge in [-0.05, 0) is 37.1 Å². The van der Waals surface area contributed by atoms with Crippen molar-refractivity contribution in [2.24, 2.45) is 5.92 Å². The molecule has 0 radical (unpaired) electrons. The first-order chi connectivity index (χ1) is 13.9. The molecule has 29 heavy (non-hydrogen) atoms. The molecule has 1 fully saturated rings. The number of piperidine rings is 1. The van der Waals surface area contributed by atoms with Gasteiger partial charge in [-0.2, -0.15) is 5.26 Å². The molecule has 1 saturated heterocycles. The number of hydrogen-bond acceptors (Lipinski definition) is 6. The monoisotopic (exact) mass is 409 g/mol. The lowest BCUT2D eigenvalue weighted by molar-refractivity contribution is 0.339. The van der Waals surface area contributed by atoms with Gasteiger partial charge in [0.1, 0.15) is 6.07 Å². The summed E-state index contributed by atoms with van der Waals surface area (Å²) in [5, 5.41) is 13.7. The van der Waals surface area contributed by atoms with E-state index >= 15 is 0 Å². The molecule has 2 atom stereocenters. The normalized spacial score (nSPS) is 19.8. The molecule has 0 aliphatic carbocycles. The highest BCUT2D eigenvalue weighted by molar-refractivity contribution is 7.90. The summed E-state index contributed by atoms with van der Waals surface area (Å²) in [5.74, 6) is 0.450. The number of pyridine rings is 1. The average molecular weight is 410 g/mol. The van der Waals surface area contributed by atoms with Crippen LogP contribution in [-0.4, -0.2) is 43.6 Å². The Bertz CT molecular complexity index is 1180. The molecule has 1 aliphatic rings.